The van der Waals surface area contributed by atoms with Gasteiger partial charge >= 0.3 is 0 Å². The molecule has 1 fully saturated rings. The van der Waals surface area contributed by atoms with E-state index in [9.17, 15) is 9.59 Å². The van der Waals surface area contributed by atoms with Crippen molar-refractivity contribution in [1.29, 1.82) is 0 Å². The third-order valence-corrected chi connectivity index (χ3v) is 6.50. The van der Waals surface area contributed by atoms with E-state index in [4.69, 9.17) is 15.2 Å². The highest BCUT2D eigenvalue weighted by Gasteiger charge is 2.33. The number of carbonyl (C=O) groups excluding carboxylic acids is 2. The summed E-state index contributed by atoms with van der Waals surface area (Å²) in [5.74, 6) is 1.44. The summed E-state index contributed by atoms with van der Waals surface area (Å²) in [4.78, 5) is 30.9. The molecule has 2 amide bonds. The zero-order valence-electron chi connectivity index (χ0n) is 18.7. The Labute approximate surface area is 196 Å². The van der Waals surface area contributed by atoms with E-state index in [1.165, 1.54) is 0 Å². The highest BCUT2D eigenvalue weighted by atomic mass is 32.2. The number of rotatable bonds is 8. The zero-order chi connectivity index (χ0) is 23.4. The highest BCUT2D eigenvalue weighted by Crippen LogP contribution is 2.36. The molecular weight excluding hydrogens is 444 g/mol. The molecular formula is C22H28N6O4S. The Balaban J connectivity index is 1.53. The number of amides is 2. The van der Waals surface area contributed by atoms with E-state index >= 15 is 0 Å². The van der Waals surface area contributed by atoms with Crippen molar-refractivity contribution < 1.29 is 19.1 Å². The number of nitrogens with one attached hydrogen (secondary N) is 1. The van der Waals surface area contributed by atoms with Crippen LogP contribution in [0.25, 0.3) is 0 Å². The van der Waals surface area contributed by atoms with Crippen molar-refractivity contribution in [2.45, 2.75) is 31.5 Å². The number of nitrogens with zero attached hydrogens (tertiary/aromatic N) is 4. The topological polar surface area (TPSA) is 125 Å². The van der Waals surface area contributed by atoms with E-state index in [0.29, 0.717) is 54.4 Å². The van der Waals surface area contributed by atoms with Crippen LogP contribution in [0.3, 0.4) is 0 Å². The lowest BCUT2D eigenvalue weighted by Crippen LogP contribution is -2.42. The van der Waals surface area contributed by atoms with Gasteiger partial charge in [0, 0.05) is 24.5 Å². The zero-order valence-corrected chi connectivity index (χ0v) is 19.6. The van der Waals surface area contributed by atoms with Crippen molar-refractivity contribution in [1.82, 2.24) is 19.7 Å². The van der Waals surface area contributed by atoms with Crippen LogP contribution in [-0.2, 0) is 14.3 Å². The minimum atomic E-state index is -0.523. The molecule has 2 aromatic rings. The van der Waals surface area contributed by atoms with Gasteiger partial charge < -0.3 is 25.4 Å². The number of nitrogens with two attached hydrogens (primary N) is 1. The molecule has 1 aromatic heterocycles. The molecule has 1 saturated heterocycles. The number of aromatic nitrogens is 3. The van der Waals surface area contributed by atoms with E-state index in [2.05, 4.69) is 22.3 Å². The average molecular weight is 473 g/mol. The first kappa shape index (κ1) is 23.1. The summed E-state index contributed by atoms with van der Waals surface area (Å²) in [5, 5.41) is 8.40. The molecule has 0 saturated carbocycles. The Kier molecular flexibility index (Phi) is 7.19. The van der Waals surface area contributed by atoms with Crippen LogP contribution in [0.1, 0.15) is 31.9 Å². The Hall–Kier alpha value is -3.05. The van der Waals surface area contributed by atoms with Gasteiger partial charge in [-0.2, -0.15) is 4.98 Å². The van der Waals surface area contributed by atoms with Crippen LogP contribution in [-0.4, -0.2) is 70.1 Å². The van der Waals surface area contributed by atoms with Gasteiger partial charge in [-0.25, -0.2) is 4.68 Å². The summed E-state index contributed by atoms with van der Waals surface area (Å²) in [7, 11) is 0. The maximum absolute atomic E-state index is 12.3. The molecule has 0 bridgehead atoms. The summed E-state index contributed by atoms with van der Waals surface area (Å²) in [6.07, 6.45) is 1.00. The van der Waals surface area contributed by atoms with Gasteiger partial charge in [0.2, 0.25) is 17.0 Å². The summed E-state index contributed by atoms with van der Waals surface area (Å²) in [5.41, 5.74) is 7.62. The van der Waals surface area contributed by atoms with Gasteiger partial charge in [-0.3, -0.25) is 9.59 Å². The number of benzene rings is 1. The number of primary amides is 1. The maximum Gasteiger partial charge on any atom is 0.260 e. The molecule has 176 valence electrons. The van der Waals surface area contributed by atoms with Gasteiger partial charge in [0.25, 0.3) is 5.91 Å². The van der Waals surface area contributed by atoms with E-state index in [-0.39, 0.29) is 12.5 Å². The molecule has 3 N–H and O–H groups in total. The molecule has 3 heterocycles. The van der Waals surface area contributed by atoms with Gasteiger partial charge in [0.1, 0.15) is 11.8 Å². The third-order valence-electron chi connectivity index (χ3n) is 5.46. The van der Waals surface area contributed by atoms with Crippen molar-refractivity contribution in [2.75, 3.05) is 44.0 Å². The van der Waals surface area contributed by atoms with Crippen LogP contribution in [0.2, 0.25) is 0 Å². The fourth-order valence-corrected chi connectivity index (χ4v) is 4.49. The lowest BCUT2D eigenvalue weighted by atomic mass is 9.95. The molecule has 0 radical (unpaired) electrons. The predicted octanol–water partition coefficient (Wildman–Crippen LogP) is 1.79. The first-order chi connectivity index (χ1) is 16.0. The minimum Gasteiger partial charge on any atom is -0.484 e. The minimum absolute atomic E-state index is 0.0382. The fourth-order valence-electron chi connectivity index (χ4n) is 3.81. The summed E-state index contributed by atoms with van der Waals surface area (Å²) < 4.78 is 12.7. The number of morpholine rings is 1. The van der Waals surface area contributed by atoms with E-state index in [1.54, 1.807) is 40.4 Å². The highest BCUT2D eigenvalue weighted by molar-refractivity contribution is 7.99. The van der Waals surface area contributed by atoms with Crippen LogP contribution >= 0.6 is 11.8 Å². The number of anilines is 1. The van der Waals surface area contributed by atoms with E-state index < -0.39 is 11.9 Å². The molecule has 10 nitrogen and oxygen atoms in total. The fraction of sp³-hybridized carbons (Fsp3) is 0.455. The number of thioether (sulfide) groups is 1. The van der Waals surface area contributed by atoms with Crippen LogP contribution in [0.4, 0.5) is 5.95 Å². The van der Waals surface area contributed by atoms with Crippen LogP contribution in [0.15, 0.2) is 40.7 Å². The van der Waals surface area contributed by atoms with Crippen molar-refractivity contribution in [3.8, 4) is 5.75 Å². The molecule has 4 rings (SSSR count). The number of allylic oxidation sites excluding steroid dienone is 1. The van der Waals surface area contributed by atoms with Crippen LogP contribution in [0, 0.1) is 0 Å². The summed E-state index contributed by atoms with van der Waals surface area (Å²) in [6.45, 7) is 6.12. The van der Waals surface area contributed by atoms with Gasteiger partial charge in [0.15, 0.2) is 6.61 Å². The Morgan fingerprint density at radius 2 is 2.00 bits per heavy atom. The molecule has 1 atom stereocenters. The average Bonchev–Trinajstić information content (AvgIpc) is 3.23. The molecule has 0 aliphatic carbocycles. The first-order valence-electron chi connectivity index (χ1n) is 10.9. The number of carbonyl (C=O) groups is 2. The summed E-state index contributed by atoms with van der Waals surface area (Å²) >= 11 is 1.56. The maximum atomic E-state index is 12.3. The van der Waals surface area contributed by atoms with Gasteiger partial charge in [-0.05, 0) is 31.0 Å². The second kappa shape index (κ2) is 10.3. The second-order valence-corrected chi connectivity index (χ2v) is 8.85. The first-order valence-corrected chi connectivity index (χ1v) is 11.9. The van der Waals surface area contributed by atoms with Crippen LogP contribution < -0.4 is 15.8 Å². The molecule has 2 aliphatic rings. The monoisotopic (exact) mass is 472 g/mol. The van der Waals surface area contributed by atoms with Gasteiger partial charge in [-0.15, -0.1) is 5.10 Å². The molecule has 1 unspecified atom stereocenters. The standard InChI is InChI=1S/C22H28N6O4S/c1-3-12-33-22-25-21-24-14(2)18(20(23)30)19(28(21)26-22)15-4-6-16(7-5-15)32-13-17(29)27-8-10-31-11-9-27/h4-7,19H,3,8-13H2,1-2H3,(H2,23,30)(H,24,25,26). The van der Waals surface area contributed by atoms with Crippen LogP contribution in [0.5, 0.6) is 5.75 Å². The lowest BCUT2D eigenvalue weighted by molar-refractivity contribution is -0.137. The molecule has 33 heavy (non-hydrogen) atoms. The second-order valence-electron chi connectivity index (χ2n) is 7.79. The normalized spacial score (nSPS) is 18.0. The summed E-state index contributed by atoms with van der Waals surface area (Å²) in [6, 6.07) is 6.75. The number of fused-ring (bicyclic) bond motifs is 1. The number of ether oxygens (including phenoxy) is 2. The van der Waals surface area contributed by atoms with E-state index in [0.717, 1.165) is 17.7 Å². The number of hydrogen-bond acceptors (Lipinski definition) is 8. The molecule has 2 aliphatic heterocycles. The van der Waals surface area contributed by atoms with Crippen molar-refractivity contribution in [3.05, 3.63) is 41.1 Å². The van der Waals surface area contributed by atoms with Gasteiger partial charge in [0.05, 0.1) is 18.8 Å². The van der Waals surface area contributed by atoms with Crippen molar-refractivity contribution in [2.24, 2.45) is 5.73 Å². The molecule has 0 spiro atoms. The Bertz CT molecular complexity index is 1050. The molecule has 11 heteroatoms. The Morgan fingerprint density at radius 1 is 1.27 bits per heavy atom. The smallest absolute Gasteiger partial charge is 0.260 e. The van der Waals surface area contributed by atoms with Crippen molar-refractivity contribution >= 4 is 29.5 Å². The Morgan fingerprint density at radius 3 is 2.67 bits per heavy atom. The quantitative estimate of drug-likeness (QED) is 0.557. The van der Waals surface area contributed by atoms with Gasteiger partial charge in [-0.1, -0.05) is 30.8 Å². The number of hydrogen-bond donors (Lipinski definition) is 2. The lowest BCUT2D eigenvalue weighted by Gasteiger charge is -2.28. The SMILES string of the molecule is CCCSc1nc2n(n1)C(c1ccc(OCC(=O)N3CCOCC3)cc1)C(C(N)=O)=C(C)N2. The molecule has 1 aromatic carbocycles. The largest absolute Gasteiger partial charge is 0.484 e. The third kappa shape index (κ3) is 5.14. The van der Waals surface area contributed by atoms with E-state index in [1.807, 2.05) is 12.1 Å². The predicted molar refractivity (Wildman–Crippen MR) is 124 cm³/mol. The van der Waals surface area contributed by atoms with Crippen molar-refractivity contribution in [3.63, 3.8) is 0 Å².